The summed E-state index contributed by atoms with van der Waals surface area (Å²) in [6, 6.07) is 13.0. The summed E-state index contributed by atoms with van der Waals surface area (Å²) in [5.74, 6) is 0.590. The molecule has 0 aliphatic rings. The molecule has 2 rings (SSSR count). The average molecular weight is 350 g/mol. The van der Waals surface area contributed by atoms with Crippen LogP contribution in [0.3, 0.4) is 0 Å². The number of amides is 1. The van der Waals surface area contributed by atoms with E-state index in [9.17, 15) is 10.1 Å². The fourth-order valence-electron chi connectivity index (χ4n) is 2.63. The lowest BCUT2D eigenvalue weighted by atomic mass is 10.1. The molecule has 0 saturated heterocycles. The number of nitrogens with one attached hydrogen (secondary N) is 1. The van der Waals surface area contributed by atoms with Crippen molar-refractivity contribution in [3.05, 3.63) is 58.7 Å². The van der Waals surface area contributed by atoms with Crippen LogP contribution in [0, 0.1) is 25.2 Å². The number of aryl methyl sites for hydroxylation is 2. The first kappa shape index (κ1) is 19.1. The number of rotatable bonds is 6. The monoisotopic (exact) mass is 350 g/mol. The van der Waals surface area contributed by atoms with Gasteiger partial charge in [-0.1, -0.05) is 30.3 Å². The summed E-state index contributed by atoms with van der Waals surface area (Å²) in [4.78, 5) is 12.6. The van der Waals surface area contributed by atoms with Crippen LogP contribution in [0.4, 0.5) is 5.69 Å². The predicted molar refractivity (Wildman–Crippen MR) is 102 cm³/mol. The van der Waals surface area contributed by atoms with Crippen LogP contribution in [0.2, 0.25) is 0 Å². The number of carbonyl (C=O) groups is 1. The van der Waals surface area contributed by atoms with E-state index in [1.54, 1.807) is 18.2 Å². The Morgan fingerprint density at radius 1 is 1.19 bits per heavy atom. The number of para-hydroxylation sites is 2. The van der Waals surface area contributed by atoms with Gasteiger partial charge in [-0.25, -0.2) is 0 Å². The van der Waals surface area contributed by atoms with Crippen molar-refractivity contribution in [2.75, 3.05) is 19.0 Å². The van der Waals surface area contributed by atoms with E-state index < -0.39 is 5.91 Å². The van der Waals surface area contributed by atoms with Gasteiger partial charge in [0.05, 0.1) is 13.7 Å². The maximum absolute atomic E-state index is 12.6. The Bertz CT molecular complexity index is 859. The number of methoxy groups -OCH3 is 1. The summed E-state index contributed by atoms with van der Waals surface area (Å²) in [5.41, 5.74) is 3.18. The summed E-state index contributed by atoms with van der Waals surface area (Å²) in [5, 5.41) is 12.3. The fourth-order valence-corrected chi connectivity index (χ4v) is 2.63. The highest BCUT2D eigenvalue weighted by Gasteiger charge is 2.15. The molecule has 0 heterocycles. The Labute approximate surface area is 153 Å². The second-order valence-corrected chi connectivity index (χ2v) is 5.70. The van der Waals surface area contributed by atoms with Crippen LogP contribution < -0.4 is 14.8 Å². The molecule has 2 aromatic rings. The van der Waals surface area contributed by atoms with Gasteiger partial charge in [-0.2, -0.15) is 5.26 Å². The molecule has 0 aromatic heterocycles. The smallest absolute Gasteiger partial charge is 0.266 e. The zero-order valence-electron chi connectivity index (χ0n) is 15.4. The zero-order chi connectivity index (χ0) is 19.1. The molecule has 0 unspecified atom stereocenters. The van der Waals surface area contributed by atoms with Gasteiger partial charge in [-0.05, 0) is 44.0 Å². The minimum absolute atomic E-state index is 0.0143. The molecule has 0 saturated carbocycles. The quantitative estimate of drug-likeness (QED) is 0.624. The van der Waals surface area contributed by atoms with Gasteiger partial charge in [0.2, 0.25) is 0 Å². The molecular weight excluding hydrogens is 328 g/mol. The minimum atomic E-state index is -0.464. The number of nitrogens with zero attached hydrogens (tertiary/aromatic N) is 1. The third-order valence-electron chi connectivity index (χ3n) is 3.90. The fraction of sp³-hybridized carbons (Fsp3) is 0.238. The average Bonchev–Trinajstić information content (AvgIpc) is 2.63. The first-order chi connectivity index (χ1) is 12.5. The van der Waals surface area contributed by atoms with E-state index in [1.165, 1.54) is 13.2 Å². The lowest BCUT2D eigenvalue weighted by molar-refractivity contribution is -0.112. The summed E-state index contributed by atoms with van der Waals surface area (Å²) in [6.07, 6.45) is 1.50. The van der Waals surface area contributed by atoms with E-state index >= 15 is 0 Å². The van der Waals surface area contributed by atoms with Crippen LogP contribution >= 0.6 is 0 Å². The molecule has 0 atom stereocenters. The van der Waals surface area contributed by atoms with Gasteiger partial charge in [0.25, 0.3) is 5.91 Å². The second kappa shape index (κ2) is 8.72. The maximum atomic E-state index is 12.6. The molecule has 134 valence electrons. The van der Waals surface area contributed by atoms with Crippen LogP contribution in [0.1, 0.15) is 23.6 Å². The van der Waals surface area contributed by atoms with E-state index in [0.717, 1.165) is 11.1 Å². The zero-order valence-corrected chi connectivity index (χ0v) is 15.4. The highest BCUT2D eigenvalue weighted by molar-refractivity contribution is 6.10. The Hall–Kier alpha value is -3.26. The number of anilines is 1. The van der Waals surface area contributed by atoms with Gasteiger partial charge in [0, 0.05) is 11.3 Å². The van der Waals surface area contributed by atoms with Crippen molar-refractivity contribution < 1.29 is 14.3 Å². The van der Waals surface area contributed by atoms with Gasteiger partial charge in [-0.3, -0.25) is 4.79 Å². The van der Waals surface area contributed by atoms with Crippen LogP contribution in [-0.4, -0.2) is 19.6 Å². The van der Waals surface area contributed by atoms with Crippen molar-refractivity contribution in [2.45, 2.75) is 20.8 Å². The molecule has 0 radical (unpaired) electrons. The Balaban J connectivity index is 2.38. The van der Waals surface area contributed by atoms with Crippen LogP contribution in [0.5, 0.6) is 11.5 Å². The number of hydrogen-bond acceptors (Lipinski definition) is 4. The van der Waals surface area contributed by atoms with Gasteiger partial charge >= 0.3 is 0 Å². The normalized spacial score (nSPS) is 10.8. The molecule has 5 heteroatoms. The van der Waals surface area contributed by atoms with E-state index in [1.807, 2.05) is 45.0 Å². The molecule has 0 aliphatic heterocycles. The number of ether oxygens (including phenoxy) is 2. The Morgan fingerprint density at radius 2 is 1.85 bits per heavy atom. The predicted octanol–water partition coefficient (Wildman–Crippen LogP) is 4.26. The van der Waals surface area contributed by atoms with E-state index in [4.69, 9.17) is 9.47 Å². The van der Waals surface area contributed by atoms with E-state index in [2.05, 4.69) is 5.32 Å². The van der Waals surface area contributed by atoms with Crippen molar-refractivity contribution in [1.29, 1.82) is 5.26 Å². The van der Waals surface area contributed by atoms with Gasteiger partial charge in [0.1, 0.15) is 11.6 Å². The third kappa shape index (κ3) is 4.22. The van der Waals surface area contributed by atoms with Crippen molar-refractivity contribution in [2.24, 2.45) is 0 Å². The molecule has 26 heavy (non-hydrogen) atoms. The molecule has 0 bridgehead atoms. The SMILES string of the molecule is CCOc1cccc(/C=C(\C#N)C(=O)Nc2c(C)cccc2C)c1OC. The number of benzene rings is 2. The van der Waals surface area contributed by atoms with E-state index in [0.29, 0.717) is 29.4 Å². The molecule has 1 amide bonds. The van der Waals surface area contributed by atoms with Crippen LogP contribution in [0.25, 0.3) is 6.08 Å². The van der Waals surface area contributed by atoms with Crippen molar-refractivity contribution in [1.82, 2.24) is 0 Å². The Morgan fingerprint density at radius 3 is 2.42 bits per heavy atom. The third-order valence-corrected chi connectivity index (χ3v) is 3.90. The standard InChI is InChI=1S/C21H22N2O3/c1-5-26-18-11-7-10-16(20(18)25-4)12-17(13-22)21(24)23-19-14(2)8-6-9-15(19)3/h6-12H,5H2,1-4H3,(H,23,24)/b17-12+. The van der Waals surface area contributed by atoms with Crippen molar-refractivity contribution >= 4 is 17.7 Å². The summed E-state index contributed by atoms with van der Waals surface area (Å²) >= 11 is 0. The van der Waals surface area contributed by atoms with Crippen molar-refractivity contribution in [3.63, 3.8) is 0 Å². The largest absolute Gasteiger partial charge is 0.492 e. The summed E-state index contributed by atoms with van der Waals surface area (Å²) < 4.78 is 10.9. The maximum Gasteiger partial charge on any atom is 0.266 e. The molecule has 1 N–H and O–H groups in total. The Kier molecular flexibility index (Phi) is 6.40. The topological polar surface area (TPSA) is 71.3 Å². The van der Waals surface area contributed by atoms with Gasteiger partial charge in [0.15, 0.2) is 11.5 Å². The minimum Gasteiger partial charge on any atom is -0.492 e. The molecule has 0 fully saturated rings. The number of nitriles is 1. The highest BCUT2D eigenvalue weighted by Crippen LogP contribution is 2.32. The number of hydrogen-bond donors (Lipinski definition) is 1. The number of carbonyl (C=O) groups excluding carboxylic acids is 1. The van der Waals surface area contributed by atoms with Gasteiger partial charge in [-0.15, -0.1) is 0 Å². The van der Waals surface area contributed by atoms with E-state index in [-0.39, 0.29) is 5.57 Å². The molecule has 5 nitrogen and oxygen atoms in total. The van der Waals surface area contributed by atoms with Gasteiger partial charge < -0.3 is 14.8 Å². The van der Waals surface area contributed by atoms with Crippen LogP contribution in [0.15, 0.2) is 42.0 Å². The van der Waals surface area contributed by atoms with Crippen LogP contribution in [-0.2, 0) is 4.79 Å². The highest BCUT2D eigenvalue weighted by atomic mass is 16.5. The summed E-state index contributed by atoms with van der Waals surface area (Å²) in [7, 11) is 1.53. The summed E-state index contributed by atoms with van der Waals surface area (Å²) in [6.45, 7) is 6.18. The molecular formula is C21H22N2O3. The lowest BCUT2D eigenvalue weighted by Crippen LogP contribution is -2.15. The first-order valence-electron chi connectivity index (χ1n) is 8.31. The lowest BCUT2D eigenvalue weighted by Gasteiger charge is -2.13. The second-order valence-electron chi connectivity index (χ2n) is 5.70. The first-order valence-corrected chi connectivity index (χ1v) is 8.31. The molecule has 0 aliphatic carbocycles. The molecule has 0 spiro atoms. The van der Waals surface area contributed by atoms with Crippen molar-refractivity contribution in [3.8, 4) is 17.6 Å². The molecule has 2 aromatic carbocycles.